The van der Waals surface area contributed by atoms with E-state index < -0.39 is 72.5 Å². The molecule has 0 aromatic heterocycles. The molecule has 0 aliphatic carbocycles. The summed E-state index contributed by atoms with van der Waals surface area (Å²) in [5, 5.41) is 28.6. The number of benzene rings is 1. The number of amides is 4. The van der Waals surface area contributed by atoms with Crippen LogP contribution in [0.4, 0.5) is 4.39 Å². The van der Waals surface area contributed by atoms with Gasteiger partial charge in [0.25, 0.3) is 5.91 Å². The third-order valence-electron chi connectivity index (χ3n) is 6.50. The number of nitrogens with zero attached hydrogens (tertiary/aromatic N) is 2. The topological polar surface area (TPSA) is 179 Å². The number of carboxylic acids is 2. The molecule has 0 saturated carbocycles. The predicted octanol–water partition coefficient (Wildman–Crippen LogP) is -2.75. The Morgan fingerprint density at radius 1 is 0.921 bits per heavy atom. The molecule has 0 unspecified atom stereocenters. The lowest BCUT2D eigenvalue weighted by Crippen LogP contribution is -2.56. The van der Waals surface area contributed by atoms with Gasteiger partial charge in [-0.1, -0.05) is 6.07 Å². The Bertz CT molecular complexity index is 1120. The molecular formula is C24H27FN4O8S-2. The molecule has 14 heteroatoms. The first kappa shape index (κ1) is 28.9. The van der Waals surface area contributed by atoms with Crippen LogP contribution in [-0.2, 0) is 24.0 Å². The number of carbonyl (C=O) groups is 6. The summed E-state index contributed by atoms with van der Waals surface area (Å²) in [5.74, 6) is -6.10. The minimum atomic E-state index is -1.60. The van der Waals surface area contributed by atoms with Crippen LogP contribution in [0.5, 0.6) is 0 Å². The first-order valence-electron chi connectivity index (χ1n) is 11.9. The maximum atomic E-state index is 13.4. The molecule has 4 amide bonds. The quantitative estimate of drug-likeness (QED) is 0.312. The number of thioether (sulfide) groups is 1. The maximum absolute atomic E-state index is 13.4. The molecule has 1 aromatic carbocycles. The number of nitrogens with one attached hydrogen (secondary N) is 2. The number of likely N-dealkylation sites (tertiary alicyclic amines) is 2. The van der Waals surface area contributed by atoms with E-state index in [9.17, 15) is 43.4 Å². The summed E-state index contributed by atoms with van der Waals surface area (Å²) in [6.07, 6.45) is 1.19. The number of aliphatic carboxylic acids is 2. The Morgan fingerprint density at radius 2 is 1.45 bits per heavy atom. The van der Waals surface area contributed by atoms with E-state index in [0.717, 1.165) is 21.9 Å². The van der Waals surface area contributed by atoms with Gasteiger partial charge >= 0.3 is 0 Å². The fourth-order valence-electron chi connectivity index (χ4n) is 4.79. The predicted molar refractivity (Wildman–Crippen MR) is 127 cm³/mol. The van der Waals surface area contributed by atoms with Crippen LogP contribution >= 0.6 is 11.8 Å². The summed E-state index contributed by atoms with van der Waals surface area (Å²) >= 11 is 1.26. The Labute approximate surface area is 221 Å². The molecule has 2 heterocycles. The molecule has 4 atom stereocenters. The van der Waals surface area contributed by atoms with Gasteiger partial charge in [0.15, 0.2) is 0 Å². The lowest BCUT2D eigenvalue weighted by Gasteiger charge is -2.31. The molecule has 0 bridgehead atoms. The highest BCUT2D eigenvalue weighted by Gasteiger charge is 2.41. The van der Waals surface area contributed by atoms with Gasteiger partial charge in [0.05, 0.1) is 41.9 Å². The second-order valence-electron chi connectivity index (χ2n) is 8.98. The van der Waals surface area contributed by atoms with E-state index in [1.807, 2.05) is 0 Å². The first-order chi connectivity index (χ1) is 18.0. The van der Waals surface area contributed by atoms with Crippen molar-refractivity contribution < 1.29 is 43.4 Å². The molecule has 2 aliphatic rings. The SMILES string of the molecule is CSCC(=O)N[C@H]1CCN(C(=O)CCC(=O)N2CC[C@H](NC(=O)c3cccc(F)c3)[C@H]2C(=O)[O-])[C@@H]1C(=O)[O-]. The van der Waals surface area contributed by atoms with Crippen molar-refractivity contribution in [3.05, 3.63) is 35.6 Å². The zero-order valence-electron chi connectivity index (χ0n) is 20.5. The monoisotopic (exact) mass is 550 g/mol. The van der Waals surface area contributed by atoms with Crippen molar-refractivity contribution in [2.45, 2.75) is 49.9 Å². The van der Waals surface area contributed by atoms with E-state index in [2.05, 4.69) is 10.6 Å². The van der Waals surface area contributed by atoms with Crippen molar-refractivity contribution in [3.8, 4) is 0 Å². The molecule has 2 fully saturated rings. The third kappa shape index (κ3) is 6.79. The van der Waals surface area contributed by atoms with Gasteiger partial charge in [-0.05, 0) is 37.3 Å². The Hall–Kier alpha value is -3.68. The summed E-state index contributed by atoms with van der Waals surface area (Å²) < 4.78 is 13.4. The van der Waals surface area contributed by atoms with E-state index in [1.54, 1.807) is 6.26 Å². The molecular weight excluding hydrogens is 523 g/mol. The van der Waals surface area contributed by atoms with Crippen LogP contribution in [0.25, 0.3) is 0 Å². The van der Waals surface area contributed by atoms with Gasteiger partial charge in [-0.25, -0.2) is 4.39 Å². The highest BCUT2D eigenvalue weighted by molar-refractivity contribution is 7.99. The van der Waals surface area contributed by atoms with Crippen molar-refractivity contribution in [1.29, 1.82) is 0 Å². The minimum absolute atomic E-state index is 0.0199. The zero-order valence-corrected chi connectivity index (χ0v) is 21.3. The average molecular weight is 551 g/mol. The second kappa shape index (κ2) is 12.7. The molecule has 2 aliphatic heterocycles. The van der Waals surface area contributed by atoms with Crippen LogP contribution < -0.4 is 20.8 Å². The second-order valence-corrected chi connectivity index (χ2v) is 9.84. The van der Waals surface area contributed by atoms with Crippen LogP contribution in [0, 0.1) is 5.82 Å². The Kier molecular flexibility index (Phi) is 9.66. The van der Waals surface area contributed by atoms with E-state index in [0.29, 0.717) is 0 Å². The minimum Gasteiger partial charge on any atom is -0.548 e. The van der Waals surface area contributed by atoms with Gasteiger partial charge in [-0.3, -0.25) is 19.2 Å². The van der Waals surface area contributed by atoms with Gasteiger partial charge in [0.1, 0.15) is 5.82 Å². The van der Waals surface area contributed by atoms with E-state index in [4.69, 9.17) is 0 Å². The molecule has 12 nitrogen and oxygen atoms in total. The van der Waals surface area contributed by atoms with Gasteiger partial charge in [0, 0.05) is 31.5 Å². The molecule has 0 radical (unpaired) electrons. The third-order valence-corrected chi connectivity index (χ3v) is 7.05. The standard InChI is InChI=1S/C24H29FN4O8S/c1-38-12-17(30)26-15-7-9-28(20(15)23(34)35)18(31)5-6-19(32)29-10-8-16(21(29)24(36)37)27-22(33)13-3-2-4-14(25)11-13/h2-4,11,15-16,20-21H,5-10,12H2,1H3,(H,26,30)(H,27,33)(H,34,35)(H,36,37)/p-2/t15-,16-,20-,21-/m0/s1. The maximum Gasteiger partial charge on any atom is 0.251 e. The number of hydrogen-bond acceptors (Lipinski definition) is 9. The number of hydrogen-bond donors (Lipinski definition) is 2. The summed E-state index contributed by atoms with van der Waals surface area (Å²) in [5.41, 5.74) is -0.0199. The van der Waals surface area contributed by atoms with Crippen molar-refractivity contribution in [1.82, 2.24) is 20.4 Å². The molecule has 2 N–H and O–H groups in total. The van der Waals surface area contributed by atoms with E-state index in [1.165, 1.54) is 23.9 Å². The van der Waals surface area contributed by atoms with Crippen molar-refractivity contribution >= 4 is 47.3 Å². The fraction of sp³-hybridized carbons (Fsp3) is 0.500. The Morgan fingerprint density at radius 3 is 1.92 bits per heavy atom. The largest absolute Gasteiger partial charge is 0.548 e. The number of carbonyl (C=O) groups excluding carboxylic acids is 6. The molecule has 38 heavy (non-hydrogen) atoms. The van der Waals surface area contributed by atoms with Gasteiger partial charge in [-0.2, -0.15) is 11.8 Å². The normalized spacial score (nSPS) is 22.7. The van der Waals surface area contributed by atoms with Crippen LogP contribution in [0.1, 0.15) is 36.0 Å². The number of carboxylic acid groups (broad SMARTS) is 2. The molecule has 3 rings (SSSR count). The highest BCUT2D eigenvalue weighted by Crippen LogP contribution is 2.23. The Balaban J connectivity index is 1.60. The molecule has 2 saturated heterocycles. The molecule has 1 aromatic rings. The van der Waals surface area contributed by atoms with Gasteiger partial charge in [0.2, 0.25) is 17.7 Å². The number of halogens is 1. The summed E-state index contributed by atoms with van der Waals surface area (Å²) in [7, 11) is 0. The van der Waals surface area contributed by atoms with E-state index in [-0.39, 0.29) is 43.2 Å². The summed E-state index contributed by atoms with van der Waals surface area (Å²) in [6.45, 7) is 0.00412. The van der Waals surface area contributed by atoms with Crippen LogP contribution in [0.3, 0.4) is 0 Å². The average Bonchev–Trinajstić information content (AvgIpc) is 3.47. The molecule has 206 valence electrons. The van der Waals surface area contributed by atoms with Crippen LogP contribution in [0.15, 0.2) is 24.3 Å². The summed E-state index contributed by atoms with van der Waals surface area (Å²) in [6, 6.07) is 0.0918. The van der Waals surface area contributed by atoms with Crippen molar-refractivity contribution in [2.24, 2.45) is 0 Å². The van der Waals surface area contributed by atoms with Gasteiger partial charge in [-0.15, -0.1) is 0 Å². The van der Waals surface area contributed by atoms with Crippen LogP contribution in [0.2, 0.25) is 0 Å². The zero-order chi connectivity index (χ0) is 28.0. The van der Waals surface area contributed by atoms with E-state index >= 15 is 0 Å². The summed E-state index contributed by atoms with van der Waals surface area (Å²) in [4.78, 5) is 75.5. The number of rotatable bonds is 10. The fourth-order valence-corrected chi connectivity index (χ4v) is 5.14. The van der Waals surface area contributed by atoms with Crippen LogP contribution in [-0.4, -0.2) is 94.6 Å². The van der Waals surface area contributed by atoms with Crippen molar-refractivity contribution in [2.75, 3.05) is 25.1 Å². The first-order valence-corrected chi connectivity index (χ1v) is 13.3. The smallest absolute Gasteiger partial charge is 0.251 e. The lowest BCUT2D eigenvalue weighted by molar-refractivity contribution is -0.312. The van der Waals surface area contributed by atoms with Gasteiger partial charge < -0.3 is 40.2 Å². The molecule has 0 spiro atoms. The lowest BCUT2D eigenvalue weighted by atomic mass is 10.1. The van der Waals surface area contributed by atoms with Crippen molar-refractivity contribution in [3.63, 3.8) is 0 Å². The highest BCUT2D eigenvalue weighted by atomic mass is 32.2.